The van der Waals surface area contributed by atoms with Gasteiger partial charge in [-0.15, -0.1) is 11.3 Å². The van der Waals surface area contributed by atoms with Crippen molar-refractivity contribution < 1.29 is 18.3 Å². The van der Waals surface area contributed by atoms with Gasteiger partial charge in [-0.25, -0.2) is 14.6 Å². The maximum absolute atomic E-state index is 13.4. The monoisotopic (exact) mass is 469 g/mol. The van der Waals surface area contributed by atoms with E-state index in [4.69, 9.17) is 32.0 Å². The van der Waals surface area contributed by atoms with Crippen LogP contribution in [0.3, 0.4) is 0 Å². The maximum Gasteiger partial charge on any atom is 0.213 e. The third kappa shape index (κ3) is 3.83. The third-order valence-corrected chi connectivity index (χ3v) is 5.97. The quantitative estimate of drug-likeness (QED) is 0.207. The molecule has 32 heavy (non-hydrogen) atoms. The first kappa shape index (κ1) is 20.2. The number of ether oxygens (including phenoxy) is 2. The summed E-state index contributed by atoms with van der Waals surface area (Å²) in [5, 5.41) is 3.32. The Morgan fingerprint density at radius 3 is 2.94 bits per heavy atom. The minimum absolute atomic E-state index is 0.217. The van der Waals surface area contributed by atoms with Crippen LogP contribution in [0.5, 0.6) is 11.5 Å². The molecule has 8 nitrogen and oxygen atoms in total. The highest BCUT2D eigenvalue weighted by atomic mass is 32.1. The van der Waals surface area contributed by atoms with Crippen molar-refractivity contribution in [3.63, 3.8) is 0 Å². The molecule has 11 heteroatoms. The van der Waals surface area contributed by atoms with Gasteiger partial charge in [-0.3, -0.25) is 0 Å². The Labute approximate surface area is 190 Å². The molecule has 0 saturated carbocycles. The van der Waals surface area contributed by atoms with Crippen molar-refractivity contribution in [3.8, 4) is 33.5 Å². The Kier molecular flexibility index (Phi) is 5.11. The highest BCUT2D eigenvalue weighted by molar-refractivity contribution is 7.71. The minimum Gasteiger partial charge on any atom is -0.496 e. The smallest absolute Gasteiger partial charge is 0.213 e. The van der Waals surface area contributed by atoms with E-state index < -0.39 is 5.95 Å². The molecule has 162 valence electrons. The average Bonchev–Trinajstić information content (AvgIpc) is 3.50. The van der Waals surface area contributed by atoms with Gasteiger partial charge in [0, 0.05) is 35.3 Å². The Morgan fingerprint density at radius 1 is 1.31 bits per heavy atom. The largest absolute Gasteiger partial charge is 0.496 e. The van der Waals surface area contributed by atoms with Gasteiger partial charge in [-0.05, 0) is 24.4 Å². The van der Waals surface area contributed by atoms with Crippen molar-refractivity contribution in [2.45, 2.75) is 6.61 Å². The lowest BCUT2D eigenvalue weighted by Crippen LogP contribution is -2.05. The number of rotatable bonds is 6. The molecule has 0 radical (unpaired) electrons. The van der Waals surface area contributed by atoms with Gasteiger partial charge in [0.15, 0.2) is 10.5 Å². The summed E-state index contributed by atoms with van der Waals surface area (Å²) in [6.07, 6.45) is 3.06. The van der Waals surface area contributed by atoms with Gasteiger partial charge in [0.2, 0.25) is 5.95 Å². The van der Waals surface area contributed by atoms with Crippen molar-refractivity contribution in [2.75, 3.05) is 13.0 Å². The van der Waals surface area contributed by atoms with Crippen LogP contribution in [0.2, 0.25) is 0 Å². The summed E-state index contributed by atoms with van der Waals surface area (Å²) in [5.74, 6) is 6.95. The van der Waals surface area contributed by atoms with Crippen LogP contribution in [0.4, 0.5) is 4.39 Å². The van der Waals surface area contributed by atoms with Crippen molar-refractivity contribution >= 4 is 34.5 Å². The van der Waals surface area contributed by atoms with E-state index in [1.54, 1.807) is 31.5 Å². The van der Waals surface area contributed by atoms with Gasteiger partial charge in [-0.1, -0.05) is 0 Å². The van der Waals surface area contributed by atoms with Gasteiger partial charge in [0.05, 0.1) is 24.4 Å². The van der Waals surface area contributed by atoms with Crippen LogP contribution >= 0.6 is 23.6 Å². The van der Waals surface area contributed by atoms with Gasteiger partial charge < -0.3 is 24.7 Å². The molecule has 0 aliphatic rings. The maximum atomic E-state index is 13.4. The number of nitrogen functional groups attached to an aromatic ring is 1. The first-order valence-electron chi connectivity index (χ1n) is 9.38. The van der Waals surface area contributed by atoms with Crippen LogP contribution < -0.4 is 15.3 Å². The second-order valence-corrected chi connectivity index (χ2v) is 8.07. The van der Waals surface area contributed by atoms with Crippen molar-refractivity contribution in [3.05, 3.63) is 64.5 Å². The van der Waals surface area contributed by atoms with Crippen LogP contribution in [0, 0.1) is 10.7 Å². The number of furan rings is 1. The highest BCUT2D eigenvalue weighted by Gasteiger charge is 2.15. The van der Waals surface area contributed by atoms with Crippen LogP contribution in [0.1, 0.15) is 5.69 Å². The zero-order valence-corrected chi connectivity index (χ0v) is 18.3. The third-order valence-electron chi connectivity index (χ3n) is 4.72. The SMILES string of the molecule is COc1cc(OCc2csc(-c3ccnc(F)c3)n2)c2cc(-c3cn(N)c(=S)[nH]3)oc2c1. The van der Waals surface area contributed by atoms with Crippen molar-refractivity contribution in [2.24, 2.45) is 0 Å². The number of aromatic amines is 1. The fourth-order valence-electron chi connectivity index (χ4n) is 3.18. The normalized spacial score (nSPS) is 11.2. The second kappa shape index (κ2) is 8.09. The van der Waals surface area contributed by atoms with Crippen LogP contribution in [0.25, 0.3) is 33.0 Å². The number of hydrogen-bond donors (Lipinski definition) is 2. The van der Waals surface area contributed by atoms with Crippen molar-refractivity contribution in [1.82, 2.24) is 19.6 Å². The molecule has 0 unspecified atom stereocenters. The molecular formula is C21H16FN5O3S2. The number of thiazole rings is 1. The topological polar surface area (TPSA) is 104 Å². The summed E-state index contributed by atoms with van der Waals surface area (Å²) in [6.45, 7) is 0.217. The molecule has 0 atom stereocenters. The van der Waals surface area contributed by atoms with Crippen molar-refractivity contribution in [1.29, 1.82) is 0 Å². The molecule has 4 aromatic heterocycles. The van der Waals surface area contributed by atoms with Gasteiger partial charge in [0.1, 0.15) is 34.4 Å². The zero-order chi connectivity index (χ0) is 22.2. The number of imidazole rings is 1. The van der Waals surface area contributed by atoms with E-state index in [-0.39, 0.29) is 6.61 Å². The Bertz CT molecular complexity index is 1490. The fraction of sp³-hybridized carbons (Fsp3) is 0.0952. The second-order valence-electron chi connectivity index (χ2n) is 6.83. The predicted octanol–water partition coefficient (Wildman–Crippen LogP) is 4.92. The molecule has 0 saturated heterocycles. The molecule has 0 aliphatic carbocycles. The van der Waals surface area contributed by atoms with E-state index in [0.717, 1.165) is 5.39 Å². The number of halogens is 1. The van der Waals surface area contributed by atoms with E-state index in [1.165, 1.54) is 28.3 Å². The average molecular weight is 470 g/mol. The lowest BCUT2D eigenvalue weighted by atomic mass is 10.2. The number of methoxy groups -OCH3 is 1. The van der Waals surface area contributed by atoms with Gasteiger partial charge in [-0.2, -0.15) is 4.39 Å². The molecule has 4 heterocycles. The van der Waals surface area contributed by atoms with E-state index in [1.807, 2.05) is 11.4 Å². The molecule has 0 spiro atoms. The molecule has 0 aliphatic heterocycles. The summed E-state index contributed by atoms with van der Waals surface area (Å²) >= 11 is 6.53. The Balaban J connectivity index is 1.44. The number of nitrogens with zero attached hydrogens (tertiary/aromatic N) is 3. The number of nitrogens with two attached hydrogens (primary N) is 1. The van der Waals surface area contributed by atoms with E-state index in [2.05, 4.69) is 15.0 Å². The lowest BCUT2D eigenvalue weighted by molar-refractivity contribution is 0.303. The van der Waals surface area contributed by atoms with Crippen LogP contribution in [-0.4, -0.2) is 26.7 Å². The first-order chi connectivity index (χ1) is 15.5. The molecule has 1 aromatic carbocycles. The van der Waals surface area contributed by atoms with Gasteiger partial charge >= 0.3 is 0 Å². The summed E-state index contributed by atoms with van der Waals surface area (Å²) in [5.41, 5.74) is 2.62. The highest BCUT2D eigenvalue weighted by Crippen LogP contribution is 2.37. The number of nitrogens with one attached hydrogen (secondary N) is 1. The number of hydrogen-bond acceptors (Lipinski definition) is 8. The summed E-state index contributed by atoms with van der Waals surface area (Å²) in [4.78, 5) is 11.1. The zero-order valence-electron chi connectivity index (χ0n) is 16.7. The van der Waals surface area contributed by atoms with Crippen LogP contribution in [-0.2, 0) is 6.61 Å². The van der Waals surface area contributed by atoms with E-state index in [9.17, 15) is 4.39 Å². The molecule has 0 fully saturated rings. The molecule has 5 aromatic rings. The summed E-state index contributed by atoms with van der Waals surface area (Å²) < 4.78 is 32.5. The number of aromatic nitrogens is 4. The molecule has 3 N–H and O–H groups in total. The van der Waals surface area contributed by atoms with Gasteiger partial charge in [0.25, 0.3) is 0 Å². The number of H-pyrrole nitrogens is 1. The number of benzene rings is 1. The molecular weight excluding hydrogens is 453 g/mol. The Morgan fingerprint density at radius 2 is 2.19 bits per heavy atom. The van der Waals surface area contributed by atoms with E-state index in [0.29, 0.717) is 49.6 Å². The standard InChI is InChI=1S/C21H16FN5O3S2/c1-28-13-5-16(14-7-18(30-17(14)6-13)15-8-27(23)21(31)26-15)29-9-12-10-32-20(25-12)11-2-3-24-19(22)4-11/h2-8,10H,9,23H2,1H3,(H,26,31). The fourth-order valence-corrected chi connectivity index (χ4v) is 4.14. The molecule has 0 amide bonds. The molecule has 5 rings (SSSR count). The van der Waals surface area contributed by atoms with Crippen LogP contribution in [0.15, 0.2) is 52.5 Å². The minimum atomic E-state index is -0.546. The number of fused-ring (bicyclic) bond motifs is 1. The number of pyridine rings is 1. The first-order valence-corrected chi connectivity index (χ1v) is 10.7. The van der Waals surface area contributed by atoms with E-state index >= 15 is 0 Å². The summed E-state index contributed by atoms with van der Waals surface area (Å²) in [6, 6.07) is 8.46. The molecule has 0 bridgehead atoms. The lowest BCUT2D eigenvalue weighted by Gasteiger charge is -2.07. The Hall–Kier alpha value is -3.70. The summed E-state index contributed by atoms with van der Waals surface area (Å²) in [7, 11) is 1.57. The predicted molar refractivity (Wildman–Crippen MR) is 121 cm³/mol.